The van der Waals surface area contributed by atoms with Crippen molar-refractivity contribution >= 4 is 23.2 Å². The lowest BCUT2D eigenvalue weighted by Crippen LogP contribution is -2.39. The van der Waals surface area contributed by atoms with Gasteiger partial charge in [-0.1, -0.05) is 18.2 Å². The Bertz CT molecular complexity index is 614. The Morgan fingerprint density at radius 1 is 1.30 bits per heavy atom. The molecule has 0 bridgehead atoms. The average Bonchev–Trinajstić information content (AvgIpc) is 3.05. The summed E-state index contributed by atoms with van der Waals surface area (Å²) in [7, 11) is 1.59. The number of nitrogens with zero attached hydrogens (tertiary/aromatic N) is 3. The Balaban J connectivity index is 1.49. The number of nitrogens with one attached hydrogen (secondary N) is 1. The standard InChI is InChI=1S/C17H22N4O2/c1-20-16(22)8-7-15(19-20)17(23)18-11-13-9-10-21(12-13)14-5-3-2-4-6-14/h2-6,13H,7-12H2,1H3,(H,18,23)/t13-/m1/s1. The van der Waals surface area contributed by atoms with Gasteiger partial charge >= 0.3 is 0 Å². The van der Waals surface area contributed by atoms with Crippen LogP contribution in [0.2, 0.25) is 0 Å². The molecule has 1 fully saturated rings. The Morgan fingerprint density at radius 3 is 2.83 bits per heavy atom. The number of hydrazone groups is 1. The van der Waals surface area contributed by atoms with Gasteiger partial charge in [-0.15, -0.1) is 0 Å². The summed E-state index contributed by atoms with van der Waals surface area (Å²) >= 11 is 0. The lowest BCUT2D eigenvalue weighted by Gasteiger charge is -2.20. The summed E-state index contributed by atoms with van der Waals surface area (Å²) in [6.07, 6.45) is 1.85. The predicted octanol–water partition coefficient (Wildman–Crippen LogP) is 1.24. The van der Waals surface area contributed by atoms with E-state index in [0.29, 0.717) is 31.0 Å². The minimum absolute atomic E-state index is 0.0455. The first kappa shape index (κ1) is 15.5. The van der Waals surface area contributed by atoms with Gasteiger partial charge in [-0.3, -0.25) is 9.59 Å². The van der Waals surface area contributed by atoms with Gasteiger partial charge < -0.3 is 10.2 Å². The molecule has 0 unspecified atom stereocenters. The molecule has 2 amide bonds. The second-order valence-electron chi connectivity index (χ2n) is 6.11. The van der Waals surface area contributed by atoms with Gasteiger partial charge in [-0.25, -0.2) is 5.01 Å². The topological polar surface area (TPSA) is 65.0 Å². The second-order valence-corrected chi connectivity index (χ2v) is 6.11. The second kappa shape index (κ2) is 6.81. The van der Waals surface area contributed by atoms with E-state index < -0.39 is 0 Å². The van der Waals surface area contributed by atoms with Gasteiger partial charge in [-0.2, -0.15) is 5.10 Å². The molecule has 1 aromatic carbocycles. The first-order valence-electron chi connectivity index (χ1n) is 8.05. The van der Waals surface area contributed by atoms with Crippen LogP contribution >= 0.6 is 0 Å². The molecule has 1 saturated heterocycles. The van der Waals surface area contributed by atoms with Crippen LogP contribution in [-0.2, 0) is 9.59 Å². The molecule has 2 aliphatic rings. The highest BCUT2D eigenvalue weighted by molar-refractivity contribution is 6.39. The van der Waals surface area contributed by atoms with Gasteiger partial charge in [0.15, 0.2) is 0 Å². The zero-order valence-electron chi connectivity index (χ0n) is 13.4. The number of rotatable bonds is 4. The molecule has 1 aromatic rings. The summed E-state index contributed by atoms with van der Waals surface area (Å²) < 4.78 is 0. The van der Waals surface area contributed by atoms with Crippen molar-refractivity contribution in [2.45, 2.75) is 19.3 Å². The first-order chi connectivity index (χ1) is 11.1. The van der Waals surface area contributed by atoms with Gasteiger partial charge in [0.25, 0.3) is 5.91 Å². The highest BCUT2D eigenvalue weighted by Gasteiger charge is 2.25. The number of anilines is 1. The SMILES string of the molecule is CN1N=C(C(=O)NC[C@H]2CCN(c3ccccc3)C2)CCC1=O. The molecule has 1 N–H and O–H groups in total. The maximum absolute atomic E-state index is 12.2. The summed E-state index contributed by atoms with van der Waals surface area (Å²) in [5.74, 6) is 0.251. The van der Waals surface area contributed by atoms with Crippen LogP contribution in [-0.4, -0.2) is 49.2 Å². The highest BCUT2D eigenvalue weighted by atomic mass is 16.2. The molecule has 0 aromatic heterocycles. The van der Waals surface area contributed by atoms with Crippen molar-refractivity contribution in [3.05, 3.63) is 30.3 Å². The number of hydrogen-bond donors (Lipinski definition) is 1. The number of hydrogen-bond acceptors (Lipinski definition) is 4. The van der Waals surface area contributed by atoms with Crippen LogP contribution in [0.4, 0.5) is 5.69 Å². The van der Waals surface area contributed by atoms with E-state index in [-0.39, 0.29) is 11.8 Å². The van der Waals surface area contributed by atoms with Gasteiger partial charge in [0.2, 0.25) is 5.91 Å². The summed E-state index contributed by atoms with van der Waals surface area (Å²) in [5.41, 5.74) is 1.68. The van der Waals surface area contributed by atoms with Crippen LogP contribution in [0.3, 0.4) is 0 Å². The van der Waals surface area contributed by atoms with Crippen LogP contribution in [0.25, 0.3) is 0 Å². The van der Waals surface area contributed by atoms with E-state index >= 15 is 0 Å². The van der Waals surface area contributed by atoms with Crippen molar-refractivity contribution < 1.29 is 9.59 Å². The fourth-order valence-electron chi connectivity index (χ4n) is 3.04. The van der Waals surface area contributed by atoms with E-state index in [1.807, 2.05) is 18.2 Å². The molecule has 2 aliphatic heterocycles. The van der Waals surface area contributed by atoms with Crippen LogP contribution < -0.4 is 10.2 Å². The third-order valence-electron chi connectivity index (χ3n) is 4.43. The number of amides is 2. The van der Waals surface area contributed by atoms with Crippen LogP contribution in [0.15, 0.2) is 35.4 Å². The average molecular weight is 314 g/mol. The zero-order chi connectivity index (χ0) is 16.2. The third kappa shape index (κ3) is 3.70. The van der Waals surface area contributed by atoms with Gasteiger partial charge in [-0.05, 0) is 24.5 Å². The van der Waals surface area contributed by atoms with Crippen molar-refractivity contribution in [3.63, 3.8) is 0 Å². The van der Waals surface area contributed by atoms with Gasteiger partial charge in [0, 0.05) is 45.2 Å². The summed E-state index contributed by atoms with van der Waals surface area (Å²) in [5, 5.41) is 8.27. The van der Waals surface area contributed by atoms with Crippen LogP contribution in [0, 0.1) is 5.92 Å². The van der Waals surface area contributed by atoms with E-state index in [1.165, 1.54) is 10.7 Å². The monoisotopic (exact) mass is 314 g/mol. The lowest BCUT2D eigenvalue weighted by molar-refractivity contribution is -0.130. The number of para-hydroxylation sites is 1. The quantitative estimate of drug-likeness (QED) is 0.909. The Morgan fingerprint density at radius 2 is 2.09 bits per heavy atom. The Labute approximate surface area is 136 Å². The minimum Gasteiger partial charge on any atom is -0.371 e. The lowest BCUT2D eigenvalue weighted by atomic mass is 10.1. The molecule has 0 radical (unpaired) electrons. The Hall–Kier alpha value is -2.37. The molecule has 2 heterocycles. The fourth-order valence-corrected chi connectivity index (χ4v) is 3.04. The molecule has 0 spiro atoms. The number of carbonyl (C=O) groups excluding carboxylic acids is 2. The normalized spacial score (nSPS) is 21.3. The predicted molar refractivity (Wildman–Crippen MR) is 89.2 cm³/mol. The minimum atomic E-state index is -0.150. The molecular formula is C17H22N4O2. The maximum atomic E-state index is 12.2. The summed E-state index contributed by atoms with van der Waals surface area (Å²) in [4.78, 5) is 25.9. The maximum Gasteiger partial charge on any atom is 0.267 e. The van der Waals surface area contributed by atoms with E-state index in [1.54, 1.807) is 7.05 Å². The van der Waals surface area contributed by atoms with Crippen molar-refractivity contribution in [2.75, 3.05) is 31.6 Å². The summed E-state index contributed by atoms with van der Waals surface area (Å²) in [6, 6.07) is 10.3. The molecule has 0 aliphatic carbocycles. The largest absolute Gasteiger partial charge is 0.371 e. The zero-order valence-corrected chi connectivity index (χ0v) is 13.4. The number of carbonyl (C=O) groups is 2. The van der Waals surface area contributed by atoms with Crippen molar-refractivity contribution in [1.29, 1.82) is 0 Å². The van der Waals surface area contributed by atoms with Crippen molar-refractivity contribution in [3.8, 4) is 0 Å². The number of benzene rings is 1. The molecule has 0 saturated carbocycles. The van der Waals surface area contributed by atoms with E-state index in [4.69, 9.17) is 0 Å². The fraction of sp³-hybridized carbons (Fsp3) is 0.471. The summed E-state index contributed by atoms with van der Waals surface area (Å²) in [6.45, 7) is 2.62. The molecule has 6 heteroatoms. The first-order valence-corrected chi connectivity index (χ1v) is 8.05. The molecule has 23 heavy (non-hydrogen) atoms. The van der Waals surface area contributed by atoms with Crippen LogP contribution in [0.1, 0.15) is 19.3 Å². The van der Waals surface area contributed by atoms with E-state index in [2.05, 4.69) is 27.5 Å². The highest BCUT2D eigenvalue weighted by Crippen LogP contribution is 2.23. The smallest absolute Gasteiger partial charge is 0.267 e. The van der Waals surface area contributed by atoms with Crippen molar-refractivity contribution in [1.82, 2.24) is 10.3 Å². The third-order valence-corrected chi connectivity index (χ3v) is 4.43. The van der Waals surface area contributed by atoms with Gasteiger partial charge in [0.1, 0.15) is 5.71 Å². The van der Waals surface area contributed by atoms with Crippen LogP contribution in [0.5, 0.6) is 0 Å². The van der Waals surface area contributed by atoms with E-state index in [0.717, 1.165) is 19.5 Å². The van der Waals surface area contributed by atoms with Gasteiger partial charge in [0.05, 0.1) is 0 Å². The molecular weight excluding hydrogens is 292 g/mol. The Kier molecular flexibility index (Phi) is 4.60. The van der Waals surface area contributed by atoms with E-state index in [9.17, 15) is 9.59 Å². The molecule has 6 nitrogen and oxygen atoms in total. The molecule has 3 rings (SSSR count). The van der Waals surface area contributed by atoms with Crippen molar-refractivity contribution in [2.24, 2.45) is 11.0 Å². The molecule has 1 atom stereocenters. The molecule has 122 valence electrons.